The van der Waals surface area contributed by atoms with Gasteiger partial charge in [-0.15, -0.1) is 0 Å². The zero-order chi connectivity index (χ0) is 41.4. The van der Waals surface area contributed by atoms with Crippen molar-refractivity contribution in [2.75, 3.05) is 51.3 Å². The summed E-state index contributed by atoms with van der Waals surface area (Å²) in [4.78, 5) is 75.6. The summed E-state index contributed by atoms with van der Waals surface area (Å²) in [6.07, 6.45) is -2.56. The number of halogens is 4. The van der Waals surface area contributed by atoms with Crippen LogP contribution in [0.1, 0.15) is 47.4 Å². The van der Waals surface area contributed by atoms with Crippen molar-refractivity contribution in [1.29, 1.82) is 0 Å². The van der Waals surface area contributed by atoms with Crippen molar-refractivity contribution in [3.63, 3.8) is 0 Å². The number of carbonyl (C=O) groups excluding carboxylic acids is 4. The molecule has 22 heteroatoms. The lowest BCUT2D eigenvalue weighted by Crippen LogP contribution is -2.60. The van der Waals surface area contributed by atoms with Crippen LogP contribution in [0.3, 0.4) is 0 Å². The van der Waals surface area contributed by atoms with E-state index in [9.17, 15) is 42.5 Å². The van der Waals surface area contributed by atoms with Crippen LogP contribution in [0.2, 0.25) is 5.02 Å². The number of nitro groups is 1. The minimum absolute atomic E-state index is 0.00581. The Hall–Kier alpha value is -6.09. The smallest absolute Gasteiger partial charge is 0.435 e. The summed E-state index contributed by atoms with van der Waals surface area (Å²) in [6, 6.07) is 5.53. The summed E-state index contributed by atoms with van der Waals surface area (Å²) in [5.41, 5.74) is -2.67. The first-order valence-corrected chi connectivity index (χ1v) is 17.8. The van der Waals surface area contributed by atoms with Crippen LogP contribution in [0.4, 0.5) is 29.3 Å². The number of aromatic nitrogens is 5. The molecule has 6 rings (SSSR count). The zero-order valence-corrected chi connectivity index (χ0v) is 31.7. The fraction of sp³-hybridized carbons (Fsp3) is 0.400. The molecule has 0 radical (unpaired) electrons. The van der Waals surface area contributed by atoms with Gasteiger partial charge in [-0.1, -0.05) is 11.6 Å². The van der Waals surface area contributed by atoms with Gasteiger partial charge < -0.3 is 29.2 Å². The number of benzene rings is 1. The number of nitrogens with one attached hydrogen (secondary N) is 1. The quantitative estimate of drug-likeness (QED) is 0.205. The van der Waals surface area contributed by atoms with Gasteiger partial charge in [0.2, 0.25) is 5.91 Å². The topological polar surface area (TPSA) is 200 Å². The number of carbonyl (C=O) groups is 4. The highest BCUT2D eigenvalue weighted by Crippen LogP contribution is 2.37. The van der Waals surface area contributed by atoms with E-state index in [2.05, 4.69) is 20.4 Å². The third-order valence-corrected chi connectivity index (χ3v) is 9.32. The molecule has 0 aliphatic carbocycles. The molecule has 2 fully saturated rings. The standard InChI is InChI=1S/C35H36ClF3N10O8/c1-34(2,3)57-33(53)47-13-14-56-19-26(47)32(52)46-11-9-45(10-12-46)31(51)22-7-5-20(15-24(22)36)42-30(50)29-41-17-25(44(29)4)23-18-48(43-28(23)35(37,38)39)27-8-6-21(16-40-27)49(54)55/h5-8,15-18,26H,9-14,19H2,1-4H3,(H,42,50)/t26-/m0/s1. The molecule has 4 amide bonds. The molecule has 1 aromatic carbocycles. The molecule has 2 aliphatic rings. The zero-order valence-electron chi connectivity index (χ0n) is 30.9. The van der Waals surface area contributed by atoms with Crippen molar-refractivity contribution in [3.05, 3.63) is 81.1 Å². The number of imidazole rings is 1. The lowest BCUT2D eigenvalue weighted by Gasteiger charge is -2.40. The highest BCUT2D eigenvalue weighted by molar-refractivity contribution is 6.34. The molecule has 0 spiro atoms. The third kappa shape index (κ3) is 8.83. The summed E-state index contributed by atoms with van der Waals surface area (Å²) in [5, 5.41) is 17.2. The summed E-state index contributed by atoms with van der Waals surface area (Å²) in [7, 11) is 1.33. The Morgan fingerprint density at radius 1 is 1.00 bits per heavy atom. The Kier molecular flexibility index (Phi) is 11.3. The average Bonchev–Trinajstić information content (AvgIpc) is 3.78. The second-order valence-electron chi connectivity index (χ2n) is 14.0. The molecule has 2 saturated heterocycles. The van der Waals surface area contributed by atoms with E-state index in [1.165, 1.54) is 35.0 Å². The Morgan fingerprint density at radius 3 is 2.32 bits per heavy atom. The molecule has 302 valence electrons. The van der Waals surface area contributed by atoms with E-state index < -0.39 is 51.9 Å². The number of pyridine rings is 1. The van der Waals surface area contributed by atoms with E-state index in [1.807, 2.05) is 0 Å². The molecule has 57 heavy (non-hydrogen) atoms. The minimum Gasteiger partial charge on any atom is -0.444 e. The van der Waals surface area contributed by atoms with E-state index in [0.29, 0.717) is 0 Å². The monoisotopic (exact) mass is 816 g/mol. The third-order valence-electron chi connectivity index (χ3n) is 9.01. The number of ether oxygens (including phenoxy) is 2. The van der Waals surface area contributed by atoms with E-state index in [4.69, 9.17) is 21.1 Å². The highest BCUT2D eigenvalue weighted by atomic mass is 35.5. The van der Waals surface area contributed by atoms with Gasteiger partial charge in [0, 0.05) is 57.7 Å². The summed E-state index contributed by atoms with van der Waals surface area (Å²) < 4.78 is 55.2. The molecular formula is C35H36ClF3N10O8. The number of hydrogen-bond acceptors (Lipinski definition) is 11. The largest absolute Gasteiger partial charge is 0.444 e. The van der Waals surface area contributed by atoms with Crippen molar-refractivity contribution in [2.45, 2.75) is 38.6 Å². The second kappa shape index (κ2) is 15.8. The van der Waals surface area contributed by atoms with Crippen LogP contribution in [0.25, 0.3) is 17.1 Å². The van der Waals surface area contributed by atoms with Crippen molar-refractivity contribution in [1.82, 2.24) is 39.0 Å². The van der Waals surface area contributed by atoms with Crippen molar-refractivity contribution < 1.29 is 46.7 Å². The number of piperazine rings is 1. The first kappa shape index (κ1) is 40.6. The van der Waals surface area contributed by atoms with Gasteiger partial charge in [0.15, 0.2) is 17.3 Å². The number of morpholine rings is 1. The Bertz CT molecular complexity index is 2210. The molecule has 5 heterocycles. The minimum atomic E-state index is -4.93. The molecule has 2 aliphatic heterocycles. The summed E-state index contributed by atoms with van der Waals surface area (Å²) in [5.74, 6) is -1.92. The first-order valence-electron chi connectivity index (χ1n) is 17.4. The van der Waals surface area contributed by atoms with Gasteiger partial charge >= 0.3 is 12.3 Å². The lowest BCUT2D eigenvalue weighted by molar-refractivity contribution is -0.385. The summed E-state index contributed by atoms with van der Waals surface area (Å²) >= 11 is 6.50. The van der Waals surface area contributed by atoms with Gasteiger partial charge in [-0.25, -0.2) is 19.4 Å². The molecular weight excluding hydrogens is 781 g/mol. The summed E-state index contributed by atoms with van der Waals surface area (Å²) in [6.45, 7) is 6.44. The Labute approximate surface area is 327 Å². The maximum Gasteiger partial charge on any atom is 0.435 e. The van der Waals surface area contributed by atoms with Gasteiger partial charge in [-0.3, -0.25) is 29.4 Å². The Balaban J connectivity index is 1.10. The molecule has 0 unspecified atom stereocenters. The average molecular weight is 817 g/mol. The molecule has 3 aromatic heterocycles. The number of anilines is 1. The lowest BCUT2D eigenvalue weighted by atomic mass is 10.1. The van der Waals surface area contributed by atoms with Crippen LogP contribution in [-0.4, -0.2) is 125 Å². The van der Waals surface area contributed by atoms with Crippen molar-refractivity contribution in [2.24, 2.45) is 7.05 Å². The SMILES string of the molecule is Cn1c(-c2cn(-c3ccc([N+](=O)[O-])cn3)nc2C(F)(F)F)cnc1C(=O)Nc1ccc(C(=O)N2CCN(C(=O)[C@@H]3COCCN3C(=O)OC(C)(C)C)CC2)c(Cl)c1. The molecule has 1 atom stereocenters. The molecule has 0 bridgehead atoms. The van der Waals surface area contributed by atoms with E-state index >= 15 is 0 Å². The van der Waals surface area contributed by atoms with Crippen LogP contribution in [-0.2, 0) is 27.5 Å². The predicted molar refractivity (Wildman–Crippen MR) is 195 cm³/mol. The van der Waals surface area contributed by atoms with Gasteiger partial charge in [0.1, 0.15) is 17.8 Å². The molecule has 18 nitrogen and oxygen atoms in total. The molecule has 0 saturated carbocycles. The molecule has 1 N–H and O–H groups in total. The fourth-order valence-electron chi connectivity index (χ4n) is 6.19. The molecule has 4 aromatic rings. The Morgan fingerprint density at radius 2 is 1.70 bits per heavy atom. The normalized spacial score (nSPS) is 16.4. The van der Waals surface area contributed by atoms with E-state index in [-0.39, 0.29) is 91.1 Å². The second-order valence-corrected chi connectivity index (χ2v) is 14.4. The highest BCUT2D eigenvalue weighted by Gasteiger charge is 2.40. The van der Waals surface area contributed by atoms with Crippen molar-refractivity contribution >= 4 is 46.8 Å². The van der Waals surface area contributed by atoms with Gasteiger partial charge in [-0.05, 0) is 45.0 Å². The maximum atomic E-state index is 14.1. The van der Waals surface area contributed by atoms with Crippen LogP contribution >= 0.6 is 11.6 Å². The fourth-order valence-corrected chi connectivity index (χ4v) is 6.45. The van der Waals surface area contributed by atoms with Gasteiger partial charge in [-0.2, -0.15) is 18.3 Å². The van der Waals surface area contributed by atoms with Gasteiger partial charge in [0.05, 0.1) is 46.2 Å². The number of rotatable bonds is 7. The van der Waals surface area contributed by atoms with Crippen LogP contribution in [0.5, 0.6) is 0 Å². The number of hydrogen-bond donors (Lipinski definition) is 1. The van der Waals surface area contributed by atoms with Crippen molar-refractivity contribution in [3.8, 4) is 17.1 Å². The van der Waals surface area contributed by atoms with Crippen LogP contribution in [0, 0.1) is 10.1 Å². The maximum absolute atomic E-state index is 14.1. The predicted octanol–water partition coefficient (Wildman–Crippen LogP) is 4.42. The van der Waals surface area contributed by atoms with E-state index in [1.54, 1.807) is 25.7 Å². The number of nitrogens with zero attached hydrogens (tertiary/aromatic N) is 9. The first-order chi connectivity index (χ1) is 26.8. The van der Waals surface area contributed by atoms with Gasteiger partial charge in [0.25, 0.3) is 17.5 Å². The number of amides is 4. The number of alkyl halides is 3. The van der Waals surface area contributed by atoms with E-state index in [0.717, 1.165) is 40.0 Å². The van der Waals surface area contributed by atoms with Crippen LogP contribution in [0.15, 0.2) is 48.9 Å². The van der Waals surface area contributed by atoms with Crippen LogP contribution < -0.4 is 5.32 Å².